The van der Waals surface area contributed by atoms with E-state index in [1.165, 1.54) is 44.1 Å². The van der Waals surface area contributed by atoms with Crippen molar-refractivity contribution in [2.75, 3.05) is 25.1 Å². The lowest BCUT2D eigenvalue weighted by Gasteiger charge is -2.33. The van der Waals surface area contributed by atoms with E-state index < -0.39 is 0 Å². The van der Waals surface area contributed by atoms with E-state index in [4.69, 9.17) is 14.5 Å². The highest BCUT2D eigenvalue weighted by Crippen LogP contribution is 2.41. The quantitative estimate of drug-likeness (QED) is 0.322. The summed E-state index contributed by atoms with van der Waals surface area (Å²) in [5.74, 6) is 2.39. The Bertz CT molecular complexity index is 1350. The van der Waals surface area contributed by atoms with Gasteiger partial charge >= 0.3 is 6.09 Å². The van der Waals surface area contributed by atoms with Gasteiger partial charge in [-0.15, -0.1) is 0 Å². The molecule has 1 saturated carbocycles. The molecule has 1 aliphatic carbocycles. The Morgan fingerprint density at radius 2 is 1.77 bits per heavy atom. The molecule has 2 aliphatic heterocycles. The fraction of sp³-hybridized carbons (Fsp3) is 0.455. The highest BCUT2D eigenvalue weighted by molar-refractivity contribution is 5.76. The molecule has 6 nitrogen and oxygen atoms in total. The molecule has 3 fully saturated rings. The second kappa shape index (κ2) is 10.9. The molecule has 0 unspecified atom stereocenters. The maximum atomic E-state index is 13.2. The molecule has 6 heteroatoms. The largest absolute Gasteiger partial charge is 0.496 e. The molecule has 0 bridgehead atoms. The number of methoxy groups -OCH3 is 1. The van der Waals surface area contributed by atoms with Crippen molar-refractivity contribution < 1.29 is 14.3 Å². The Hall–Kier alpha value is -3.54. The predicted octanol–water partition coefficient (Wildman–Crippen LogP) is 7.41. The average Bonchev–Trinajstić information content (AvgIpc) is 3.21. The number of nitrogens with zero attached hydrogens (tertiary/aromatic N) is 3. The first kappa shape index (κ1) is 25.7. The maximum absolute atomic E-state index is 13.2. The molecule has 2 aromatic carbocycles. The molecule has 0 N–H and O–H groups in total. The van der Waals surface area contributed by atoms with Gasteiger partial charge in [-0.25, -0.2) is 9.78 Å². The molecule has 39 heavy (non-hydrogen) atoms. The number of ether oxygens (including phenoxy) is 2. The average molecular weight is 526 g/mol. The Morgan fingerprint density at radius 1 is 0.949 bits per heavy atom. The van der Waals surface area contributed by atoms with Crippen molar-refractivity contribution in [1.82, 2.24) is 9.88 Å². The molecule has 2 saturated heterocycles. The van der Waals surface area contributed by atoms with Crippen LogP contribution in [0.1, 0.15) is 79.9 Å². The van der Waals surface area contributed by atoms with Crippen LogP contribution >= 0.6 is 0 Å². The van der Waals surface area contributed by atoms with E-state index in [2.05, 4.69) is 61.2 Å². The van der Waals surface area contributed by atoms with Crippen LogP contribution in [0.5, 0.6) is 5.75 Å². The summed E-state index contributed by atoms with van der Waals surface area (Å²) in [6.45, 7) is 6.56. The molecule has 3 heterocycles. The zero-order valence-corrected chi connectivity index (χ0v) is 23.4. The number of aromatic nitrogens is 1. The molecule has 0 radical (unpaired) electrons. The smallest absolute Gasteiger partial charge is 0.411 e. The number of cyclic esters (lactones) is 1. The number of anilines is 1. The van der Waals surface area contributed by atoms with Crippen molar-refractivity contribution in [2.24, 2.45) is 0 Å². The number of hydrogen-bond donors (Lipinski definition) is 0. The molecule has 3 aliphatic rings. The van der Waals surface area contributed by atoms with E-state index in [-0.39, 0.29) is 18.2 Å². The summed E-state index contributed by atoms with van der Waals surface area (Å²) >= 11 is 0. The number of amides is 1. The normalized spacial score (nSPS) is 21.6. The Balaban J connectivity index is 1.37. The molecule has 3 aromatic rings. The number of pyridine rings is 1. The van der Waals surface area contributed by atoms with E-state index in [9.17, 15) is 4.79 Å². The first-order valence-corrected chi connectivity index (χ1v) is 14.5. The van der Waals surface area contributed by atoms with Gasteiger partial charge in [0.25, 0.3) is 0 Å². The number of benzene rings is 2. The Morgan fingerprint density at radius 3 is 2.49 bits per heavy atom. The van der Waals surface area contributed by atoms with Crippen LogP contribution in [-0.2, 0) is 11.3 Å². The van der Waals surface area contributed by atoms with Crippen molar-refractivity contribution >= 4 is 11.9 Å². The minimum Gasteiger partial charge on any atom is -0.496 e. The van der Waals surface area contributed by atoms with Crippen LogP contribution in [-0.4, -0.2) is 42.2 Å². The van der Waals surface area contributed by atoms with E-state index in [1.807, 2.05) is 17.0 Å². The van der Waals surface area contributed by atoms with Crippen LogP contribution in [0.4, 0.5) is 10.6 Å². The summed E-state index contributed by atoms with van der Waals surface area (Å²) in [5, 5.41) is 0. The van der Waals surface area contributed by atoms with Gasteiger partial charge in [-0.3, -0.25) is 4.90 Å². The zero-order valence-electron chi connectivity index (χ0n) is 23.4. The summed E-state index contributed by atoms with van der Waals surface area (Å²) in [5.41, 5.74) is 6.51. The molecule has 2 atom stereocenters. The van der Waals surface area contributed by atoms with Gasteiger partial charge in [0.2, 0.25) is 0 Å². The third-order valence-electron chi connectivity index (χ3n) is 8.81. The predicted molar refractivity (Wildman–Crippen MR) is 154 cm³/mol. The third-order valence-corrected chi connectivity index (χ3v) is 8.81. The highest BCUT2D eigenvalue weighted by atomic mass is 16.6. The summed E-state index contributed by atoms with van der Waals surface area (Å²) in [6.07, 6.45) is 6.98. The lowest BCUT2D eigenvalue weighted by atomic mass is 9.83. The zero-order chi connectivity index (χ0) is 26.9. The topological polar surface area (TPSA) is 54.9 Å². The van der Waals surface area contributed by atoms with Gasteiger partial charge < -0.3 is 14.4 Å². The minimum absolute atomic E-state index is 0.114. The highest BCUT2D eigenvalue weighted by Gasteiger charge is 2.40. The van der Waals surface area contributed by atoms with Gasteiger partial charge in [0, 0.05) is 24.2 Å². The second-order valence-corrected chi connectivity index (χ2v) is 11.4. The standard InChI is InChI=1S/C33H39N3O3/c1-22-9-7-12-26(19-22)32-23(2)36(33(37)39-32)21-29-27(14-16-31(34-29)35-17-8-18-35)28-20-25(13-15-30(28)38-3)24-10-5-4-6-11-24/h7,9,12-16,19-20,23-24,32H,4-6,8,10-11,17-18,21H2,1-3H3/t23-,32-/m0/s1. The van der Waals surface area contributed by atoms with Gasteiger partial charge in [0.05, 0.1) is 25.4 Å². The SMILES string of the molecule is COc1ccc(C2CCCCC2)cc1-c1ccc(N2CCC2)nc1CN1C(=O)O[C@H](c2cccc(C)c2)[C@@H]1C. The lowest BCUT2D eigenvalue weighted by Crippen LogP contribution is -2.38. The first-order chi connectivity index (χ1) is 19.0. The maximum Gasteiger partial charge on any atom is 0.411 e. The summed E-state index contributed by atoms with van der Waals surface area (Å²) in [6, 6.07) is 19.0. The number of carbonyl (C=O) groups is 1. The Labute approximate surface area is 231 Å². The van der Waals surface area contributed by atoms with Gasteiger partial charge in [-0.1, -0.05) is 55.2 Å². The van der Waals surface area contributed by atoms with Crippen LogP contribution in [0.15, 0.2) is 54.6 Å². The third kappa shape index (κ3) is 5.09. The minimum atomic E-state index is -0.302. The van der Waals surface area contributed by atoms with Gasteiger partial charge in [0.1, 0.15) is 17.7 Å². The van der Waals surface area contributed by atoms with E-state index in [0.717, 1.165) is 52.6 Å². The summed E-state index contributed by atoms with van der Waals surface area (Å²) in [4.78, 5) is 22.5. The number of carbonyl (C=O) groups excluding carboxylic acids is 1. The van der Waals surface area contributed by atoms with E-state index in [0.29, 0.717) is 12.5 Å². The van der Waals surface area contributed by atoms with Crippen molar-refractivity contribution in [3.05, 3.63) is 77.0 Å². The van der Waals surface area contributed by atoms with E-state index in [1.54, 1.807) is 7.11 Å². The molecule has 0 spiro atoms. The van der Waals surface area contributed by atoms with Gasteiger partial charge in [-0.05, 0) is 74.4 Å². The van der Waals surface area contributed by atoms with Crippen LogP contribution in [0, 0.1) is 6.92 Å². The monoisotopic (exact) mass is 525 g/mol. The van der Waals surface area contributed by atoms with Crippen molar-refractivity contribution in [2.45, 2.75) is 77.0 Å². The van der Waals surface area contributed by atoms with Crippen molar-refractivity contribution in [3.63, 3.8) is 0 Å². The lowest BCUT2D eigenvalue weighted by molar-refractivity contribution is 0.130. The molecular weight excluding hydrogens is 486 g/mol. The van der Waals surface area contributed by atoms with Crippen LogP contribution in [0.3, 0.4) is 0 Å². The van der Waals surface area contributed by atoms with Crippen LogP contribution in [0.2, 0.25) is 0 Å². The number of hydrogen-bond acceptors (Lipinski definition) is 5. The molecule has 1 aromatic heterocycles. The summed E-state index contributed by atoms with van der Waals surface area (Å²) < 4.78 is 11.8. The van der Waals surface area contributed by atoms with Crippen molar-refractivity contribution in [1.29, 1.82) is 0 Å². The van der Waals surface area contributed by atoms with Gasteiger partial charge in [-0.2, -0.15) is 0 Å². The van der Waals surface area contributed by atoms with Crippen LogP contribution < -0.4 is 9.64 Å². The van der Waals surface area contributed by atoms with Crippen LogP contribution in [0.25, 0.3) is 11.1 Å². The second-order valence-electron chi connectivity index (χ2n) is 11.4. The summed E-state index contributed by atoms with van der Waals surface area (Å²) in [7, 11) is 1.73. The van der Waals surface area contributed by atoms with Gasteiger partial charge in [0.15, 0.2) is 0 Å². The Kier molecular flexibility index (Phi) is 7.20. The fourth-order valence-corrected chi connectivity index (χ4v) is 6.37. The fourth-order valence-electron chi connectivity index (χ4n) is 6.37. The van der Waals surface area contributed by atoms with Crippen molar-refractivity contribution in [3.8, 4) is 16.9 Å². The molecular formula is C33H39N3O3. The molecule has 204 valence electrons. The number of aryl methyl sites for hydroxylation is 1. The van der Waals surface area contributed by atoms with E-state index >= 15 is 0 Å². The molecule has 1 amide bonds. The molecule has 6 rings (SSSR count). The first-order valence-electron chi connectivity index (χ1n) is 14.5. The number of rotatable bonds is 7.